The van der Waals surface area contributed by atoms with Gasteiger partial charge in [-0.2, -0.15) is 0 Å². The molecule has 9 heteroatoms. The number of anilines is 1. The molecule has 196 valence electrons. The van der Waals surface area contributed by atoms with E-state index in [0.717, 1.165) is 33.4 Å². The Kier molecular flexibility index (Phi) is 8.91. The van der Waals surface area contributed by atoms with E-state index in [1.54, 1.807) is 24.3 Å². The average molecular weight is 596 g/mol. The van der Waals surface area contributed by atoms with Gasteiger partial charge in [0, 0.05) is 5.69 Å². The number of thioether (sulfide) groups is 1. The molecule has 0 unspecified atom stereocenters. The molecule has 3 aromatic rings. The van der Waals surface area contributed by atoms with Crippen molar-refractivity contribution in [1.29, 1.82) is 0 Å². The Morgan fingerprint density at radius 1 is 1.05 bits per heavy atom. The maximum Gasteiger partial charge on any atom is 0.294 e. The van der Waals surface area contributed by atoms with E-state index >= 15 is 0 Å². The third-order valence-corrected chi connectivity index (χ3v) is 7.41. The molecule has 1 saturated heterocycles. The number of imide groups is 1. The highest BCUT2D eigenvalue weighted by atomic mass is 79.9. The summed E-state index contributed by atoms with van der Waals surface area (Å²) < 4.78 is 12.5. The maximum atomic E-state index is 13.0. The fraction of sp³-hybridized carbons (Fsp3) is 0.207. The lowest BCUT2D eigenvalue weighted by atomic mass is 10.1. The predicted octanol–water partition coefficient (Wildman–Crippen LogP) is 6.72. The van der Waals surface area contributed by atoms with Crippen LogP contribution in [0.15, 0.2) is 70.0 Å². The number of nitrogens with zero attached hydrogens (tertiary/aromatic N) is 1. The van der Waals surface area contributed by atoms with Crippen molar-refractivity contribution in [1.82, 2.24) is 4.90 Å². The zero-order valence-electron chi connectivity index (χ0n) is 21.2. The van der Waals surface area contributed by atoms with Crippen LogP contribution in [0.4, 0.5) is 10.5 Å². The molecule has 0 aliphatic carbocycles. The van der Waals surface area contributed by atoms with Gasteiger partial charge in [-0.05, 0) is 95.0 Å². The number of aryl methyl sites for hydroxylation is 1. The standard InChI is InChI=1S/C29H27BrN2O5S/c1-4-36-24-14-21(13-22(30)27(24)37-17-20-10-6-5-7-11-20)15-25-28(34)32(29(35)38-25)16-26(33)31-23-12-8-9-18(2)19(23)3/h5-15H,4,16-17H2,1-3H3,(H,31,33)/b25-15+. The number of carbonyl (C=O) groups is 3. The summed E-state index contributed by atoms with van der Waals surface area (Å²) >= 11 is 4.35. The molecule has 0 saturated carbocycles. The van der Waals surface area contributed by atoms with Crippen molar-refractivity contribution >= 4 is 56.5 Å². The summed E-state index contributed by atoms with van der Waals surface area (Å²) in [5.74, 6) is 0.0957. The molecule has 3 aromatic carbocycles. The first-order valence-corrected chi connectivity index (χ1v) is 13.6. The highest BCUT2D eigenvalue weighted by Crippen LogP contribution is 2.39. The minimum absolute atomic E-state index is 0.224. The molecule has 1 N–H and O–H groups in total. The normalized spacial score (nSPS) is 14.2. The van der Waals surface area contributed by atoms with Gasteiger partial charge < -0.3 is 14.8 Å². The zero-order chi connectivity index (χ0) is 27.2. The Labute approximate surface area is 234 Å². The van der Waals surface area contributed by atoms with Gasteiger partial charge in [0.2, 0.25) is 5.91 Å². The number of hydrogen-bond acceptors (Lipinski definition) is 6. The molecule has 38 heavy (non-hydrogen) atoms. The van der Waals surface area contributed by atoms with Crippen LogP contribution in [-0.2, 0) is 16.2 Å². The van der Waals surface area contributed by atoms with Crippen LogP contribution in [0.2, 0.25) is 0 Å². The van der Waals surface area contributed by atoms with Crippen LogP contribution in [0, 0.1) is 13.8 Å². The zero-order valence-corrected chi connectivity index (χ0v) is 23.6. The number of nitrogens with one attached hydrogen (secondary N) is 1. The lowest BCUT2D eigenvalue weighted by Crippen LogP contribution is -2.36. The number of amides is 3. The van der Waals surface area contributed by atoms with Gasteiger partial charge >= 0.3 is 0 Å². The summed E-state index contributed by atoms with van der Waals surface area (Å²) in [7, 11) is 0. The van der Waals surface area contributed by atoms with Crippen LogP contribution >= 0.6 is 27.7 Å². The Morgan fingerprint density at radius 3 is 2.55 bits per heavy atom. The largest absolute Gasteiger partial charge is 0.490 e. The molecule has 1 fully saturated rings. The second-order valence-corrected chi connectivity index (χ2v) is 10.4. The first-order valence-electron chi connectivity index (χ1n) is 12.0. The summed E-state index contributed by atoms with van der Waals surface area (Å²) in [6.07, 6.45) is 1.61. The second-order valence-electron chi connectivity index (χ2n) is 8.60. The maximum absolute atomic E-state index is 13.0. The molecule has 1 aliphatic rings. The van der Waals surface area contributed by atoms with Crippen molar-refractivity contribution in [3.8, 4) is 11.5 Å². The topological polar surface area (TPSA) is 84.9 Å². The van der Waals surface area contributed by atoms with Crippen LogP contribution in [0.1, 0.15) is 29.2 Å². The lowest BCUT2D eigenvalue weighted by Gasteiger charge is -2.15. The minimum Gasteiger partial charge on any atom is -0.490 e. The summed E-state index contributed by atoms with van der Waals surface area (Å²) in [5.41, 5.74) is 4.28. The fourth-order valence-corrected chi connectivity index (χ4v) is 5.22. The third-order valence-electron chi connectivity index (χ3n) is 5.91. The fourth-order valence-electron chi connectivity index (χ4n) is 3.81. The highest BCUT2D eigenvalue weighted by molar-refractivity contribution is 9.10. The Balaban J connectivity index is 1.49. The van der Waals surface area contributed by atoms with Crippen molar-refractivity contribution in [2.45, 2.75) is 27.4 Å². The molecule has 1 heterocycles. The number of benzene rings is 3. The summed E-state index contributed by atoms with van der Waals surface area (Å²) in [6, 6.07) is 18.9. The van der Waals surface area contributed by atoms with Crippen LogP contribution in [0.5, 0.6) is 11.5 Å². The average Bonchev–Trinajstić information content (AvgIpc) is 3.14. The highest BCUT2D eigenvalue weighted by Gasteiger charge is 2.36. The quantitative estimate of drug-likeness (QED) is 0.277. The van der Waals surface area contributed by atoms with E-state index in [-0.39, 0.29) is 11.4 Å². The molecule has 4 rings (SSSR count). The predicted molar refractivity (Wildman–Crippen MR) is 153 cm³/mol. The smallest absolute Gasteiger partial charge is 0.294 e. The third kappa shape index (κ3) is 6.46. The van der Waals surface area contributed by atoms with Crippen LogP contribution in [-0.4, -0.2) is 35.1 Å². The lowest BCUT2D eigenvalue weighted by molar-refractivity contribution is -0.127. The van der Waals surface area contributed by atoms with Gasteiger partial charge in [-0.15, -0.1) is 0 Å². The van der Waals surface area contributed by atoms with Crippen LogP contribution < -0.4 is 14.8 Å². The van der Waals surface area contributed by atoms with E-state index in [9.17, 15) is 14.4 Å². The molecule has 0 bridgehead atoms. The number of halogens is 1. The van der Waals surface area contributed by atoms with E-state index in [0.29, 0.717) is 40.4 Å². The van der Waals surface area contributed by atoms with Gasteiger partial charge in [-0.25, -0.2) is 0 Å². The van der Waals surface area contributed by atoms with Gasteiger partial charge in [-0.3, -0.25) is 19.3 Å². The van der Waals surface area contributed by atoms with Gasteiger partial charge in [-0.1, -0.05) is 42.5 Å². The monoisotopic (exact) mass is 594 g/mol. The van der Waals surface area contributed by atoms with E-state index in [1.165, 1.54) is 0 Å². The number of carbonyl (C=O) groups excluding carboxylic acids is 3. The van der Waals surface area contributed by atoms with Crippen LogP contribution in [0.25, 0.3) is 6.08 Å². The Morgan fingerprint density at radius 2 is 1.82 bits per heavy atom. The Hall–Kier alpha value is -3.56. The summed E-state index contributed by atoms with van der Waals surface area (Å²) in [6.45, 7) is 6.14. The number of rotatable bonds is 9. The molecular formula is C29H27BrN2O5S. The molecule has 0 aromatic heterocycles. The van der Waals surface area contributed by atoms with Gasteiger partial charge in [0.25, 0.3) is 11.1 Å². The van der Waals surface area contributed by atoms with E-state index in [1.807, 2.05) is 63.2 Å². The van der Waals surface area contributed by atoms with Crippen LogP contribution in [0.3, 0.4) is 0 Å². The van der Waals surface area contributed by atoms with Crippen molar-refractivity contribution in [2.75, 3.05) is 18.5 Å². The number of ether oxygens (including phenoxy) is 2. The molecule has 0 radical (unpaired) electrons. The summed E-state index contributed by atoms with van der Waals surface area (Å²) in [4.78, 5) is 39.4. The van der Waals surface area contributed by atoms with E-state index in [2.05, 4.69) is 21.2 Å². The van der Waals surface area contributed by atoms with Gasteiger partial charge in [0.1, 0.15) is 13.2 Å². The van der Waals surface area contributed by atoms with E-state index in [4.69, 9.17) is 9.47 Å². The summed E-state index contributed by atoms with van der Waals surface area (Å²) in [5, 5.41) is 2.30. The molecular weight excluding hydrogens is 568 g/mol. The number of hydrogen-bond donors (Lipinski definition) is 1. The first kappa shape index (κ1) is 27.5. The molecule has 0 spiro atoms. The second kappa shape index (κ2) is 12.3. The van der Waals surface area contributed by atoms with Crippen molar-refractivity contribution in [2.24, 2.45) is 0 Å². The van der Waals surface area contributed by atoms with Gasteiger partial charge in [0.15, 0.2) is 11.5 Å². The van der Waals surface area contributed by atoms with Crippen molar-refractivity contribution in [3.05, 3.63) is 92.3 Å². The molecule has 1 aliphatic heterocycles. The minimum atomic E-state index is -0.519. The molecule has 0 atom stereocenters. The van der Waals surface area contributed by atoms with E-state index < -0.39 is 17.1 Å². The SMILES string of the molecule is CCOc1cc(/C=C2/SC(=O)N(CC(=O)Nc3cccc(C)c3C)C2=O)cc(Br)c1OCc1ccccc1. The Bertz CT molecular complexity index is 1410. The molecule has 3 amide bonds. The van der Waals surface area contributed by atoms with Crippen molar-refractivity contribution in [3.63, 3.8) is 0 Å². The van der Waals surface area contributed by atoms with Crippen molar-refractivity contribution < 1.29 is 23.9 Å². The molecule has 7 nitrogen and oxygen atoms in total. The van der Waals surface area contributed by atoms with Gasteiger partial charge in [0.05, 0.1) is 16.0 Å². The first-order chi connectivity index (χ1) is 18.3.